The summed E-state index contributed by atoms with van der Waals surface area (Å²) in [5, 5.41) is 7.10. The molecular weight excluding hydrogens is 236 g/mol. The first-order valence-corrected chi connectivity index (χ1v) is 6.29. The largest absolute Gasteiger partial charge is 0.337 e. The summed E-state index contributed by atoms with van der Waals surface area (Å²) in [5.41, 5.74) is 6.59. The lowest BCUT2D eigenvalue weighted by Crippen LogP contribution is -1.86. The molecule has 3 rings (SSSR count). The van der Waals surface area contributed by atoms with Gasteiger partial charge >= 0.3 is 0 Å². The summed E-state index contributed by atoms with van der Waals surface area (Å²) in [5.74, 6) is 0.828. The summed E-state index contributed by atoms with van der Waals surface area (Å²) in [7, 11) is 0. The number of H-pyrrole nitrogens is 2. The summed E-state index contributed by atoms with van der Waals surface area (Å²) in [6.07, 6.45) is 4.47. The molecule has 0 bridgehead atoms. The van der Waals surface area contributed by atoms with E-state index in [0.717, 1.165) is 34.5 Å². The van der Waals surface area contributed by atoms with Gasteiger partial charge in [-0.05, 0) is 43.5 Å². The van der Waals surface area contributed by atoms with Crippen molar-refractivity contribution in [3.8, 4) is 11.5 Å². The number of hydrogen-bond donors (Lipinski definition) is 2. The highest BCUT2D eigenvalue weighted by Crippen LogP contribution is 2.24. The zero-order chi connectivity index (χ0) is 13.4. The molecule has 0 saturated carbocycles. The van der Waals surface area contributed by atoms with Crippen LogP contribution < -0.4 is 0 Å². The van der Waals surface area contributed by atoms with Crippen LogP contribution in [0.1, 0.15) is 16.7 Å². The molecule has 2 N–H and O–H groups in total. The molecule has 2 heterocycles. The molecule has 96 valence electrons. The molecule has 0 unspecified atom stereocenters. The van der Waals surface area contributed by atoms with Crippen LogP contribution in [0, 0.1) is 13.8 Å². The molecule has 0 aliphatic carbocycles. The monoisotopic (exact) mass is 252 g/mol. The molecule has 0 saturated heterocycles. The standard InChI is InChI=1S/C15H16N4/c1-4-5-11-8-16-19-14(11)15-17-12-6-9(2)10(3)7-13(12)18-15/h4,6-8H,1,5H2,2-3H3,(H,16,19)(H,17,18). The minimum atomic E-state index is 0.779. The Balaban J connectivity index is 2.15. The van der Waals surface area contributed by atoms with Gasteiger partial charge in [0.15, 0.2) is 5.82 Å². The van der Waals surface area contributed by atoms with Crippen LogP contribution in [-0.4, -0.2) is 20.2 Å². The van der Waals surface area contributed by atoms with Gasteiger partial charge < -0.3 is 4.98 Å². The van der Waals surface area contributed by atoms with E-state index in [1.807, 2.05) is 12.3 Å². The first-order valence-electron chi connectivity index (χ1n) is 6.29. The summed E-state index contributed by atoms with van der Waals surface area (Å²) >= 11 is 0. The van der Waals surface area contributed by atoms with Gasteiger partial charge in [0.05, 0.1) is 17.2 Å². The smallest absolute Gasteiger partial charge is 0.156 e. The molecular formula is C15H16N4. The van der Waals surface area contributed by atoms with Crippen molar-refractivity contribution in [1.82, 2.24) is 20.2 Å². The highest BCUT2D eigenvalue weighted by Gasteiger charge is 2.11. The molecule has 4 heteroatoms. The molecule has 3 aromatic rings. The third-order valence-electron chi connectivity index (χ3n) is 3.42. The fraction of sp³-hybridized carbons (Fsp3) is 0.200. The number of fused-ring (bicyclic) bond motifs is 1. The predicted octanol–water partition coefficient (Wildman–Crippen LogP) is 3.30. The lowest BCUT2D eigenvalue weighted by atomic mass is 10.1. The first-order chi connectivity index (χ1) is 9.19. The highest BCUT2D eigenvalue weighted by atomic mass is 15.1. The Bertz CT molecular complexity index is 710. The predicted molar refractivity (Wildman–Crippen MR) is 77.1 cm³/mol. The minimum absolute atomic E-state index is 0.779. The summed E-state index contributed by atoms with van der Waals surface area (Å²) < 4.78 is 0. The average molecular weight is 252 g/mol. The average Bonchev–Trinajstić information content (AvgIpc) is 2.96. The van der Waals surface area contributed by atoms with Crippen molar-refractivity contribution in [2.75, 3.05) is 0 Å². The van der Waals surface area contributed by atoms with Crippen LogP contribution >= 0.6 is 0 Å². The Morgan fingerprint density at radius 3 is 2.84 bits per heavy atom. The maximum Gasteiger partial charge on any atom is 0.156 e. The fourth-order valence-electron chi connectivity index (χ4n) is 2.21. The van der Waals surface area contributed by atoms with Crippen LogP contribution in [0.3, 0.4) is 0 Å². The van der Waals surface area contributed by atoms with Crippen molar-refractivity contribution in [2.24, 2.45) is 0 Å². The van der Waals surface area contributed by atoms with Gasteiger partial charge in [-0.25, -0.2) is 4.98 Å². The van der Waals surface area contributed by atoms with Crippen molar-refractivity contribution >= 4 is 11.0 Å². The number of rotatable bonds is 3. The van der Waals surface area contributed by atoms with Gasteiger partial charge in [0.25, 0.3) is 0 Å². The van der Waals surface area contributed by atoms with Crippen molar-refractivity contribution < 1.29 is 0 Å². The van der Waals surface area contributed by atoms with Crippen LogP contribution in [0.2, 0.25) is 0 Å². The SMILES string of the molecule is C=CCc1cn[nH]c1-c1nc2cc(C)c(C)cc2[nH]1. The number of benzene rings is 1. The topological polar surface area (TPSA) is 57.4 Å². The summed E-state index contributed by atoms with van der Waals surface area (Å²) in [6.45, 7) is 7.97. The molecule has 0 radical (unpaired) electrons. The molecule has 0 spiro atoms. The second-order valence-electron chi connectivity index (χ2n) is 4.80. The van der Waals surface area contributed by atoms with Crippen LogP contribution in [0.5, 0.6) is 0 Å². The number of aromatic nitrogens is 4. The Hall–Kier alpha value is -2.36. The van der Waals surface area contributed by atoms with Crippen molar-refractivity contribution in [3.05, 3.63) is 47.7 Å². The molecule has 0 aliphatic heterocycles. The van der Waals surface area contributed by atoms with E-state index in [1.54, 1.807) is 0 Å². The quantitative estimate of drug-likeness (QED) is 0.703. The second kappa shape index (κ2) is 4.39. The molecule has 4 nitrogen and oxygen atoms in total. The second-order valence-corrected chi connectivity index (χ2v) is 4.80. The number of nitrogens with zero attached hydrogens (tertiary/aromatic N) is 2. The summed E-state index contributed by atoms with van der Waals surface area (Å²) in [6, 6.07) is 4.24. The molecule has 2 aromatic heterocycles. The Morgan fingerprint density at radius 2 is 2.05 bits per heavy atom. The van der Waals surface area contributed by atoms with Gasteiger partial charge in [0.2, 0.25) is 0 Å². The fourth-order valence-corrected chi connectivity index (χ4v) is 2.21. The van der Waals surface area contributed by atoms with E-state index in [0.29, 0.717) is 0 Å². The van der Waals surface area contributed by atoms with E-state index in [9.17, 15) is 0 Å². The Labute approximate surface area is 111 Å². The number of aromatic amines is 2. The lowest BCUT2D eigenvalue weighted by Gasteiger charge is -1.97. The van der Waals surface area contributed by atoms with E-state index >= 15 is 0 Å². The maximum absolute atomic E-state index is 4.64. The van der Waals surface area contributed by atoms with E-state index in [-0.39, 0.29) is 0 Å². The van der Waals surface area contributed by atoms with Crippen LogP contribution in [0.25, 0.3) is 22.6 Å². The summed E-state index contributed by atoms with van der Waals surface area (Å²) in [4.78, 5) is 7.99. The molecule has 0 fully saturated rings. The van der Waals surface area contributed by atoms with Crippen LogP contribution in [0.4, 0.5) is 0 Å². The normalized spacial score (nSPS) is 11.1. The van der Waals surface area contributed by atoms with Crippen molar-refractivity contribution in [2.45, 2.75) is 20.3 Å². The maximum atomic E-state index is 4.64. The third kappa shape index (κ3) is 1.95. The van der Waals surface area contributed by atoms with E-state index < -0.39 is 0 Å². The lowest BCUT2D eigenvalue weighted by molar-refractivity contribution is 1.08. The van der Waals surface area contributed by atoms with Crippen molar-refractivity contribution in [1.29, 1.82) is 0 Å². The van der Waals surface area contributed by atoms with Crippen LogP contribution in [0.15, 0.2) is 31.0 Å². The van der Waals surface area contributed by atoms with E-state index in [2.05, 4.69) is 52.7 Å². The van der Waals surface area contributed by atoms with Gasteiger partial charge in [-0.2, -0.15) is 5.10 Å². The molecule has 0 amide bonds. The van der Waals surface area contributed by atoms with E-state index in [1.165, 1.54) is 11.1 Å². The Morgan fingerprint density at radius 1 is 1.26 bits per heavy atom. The van der Waals surface area contributed by atoms with Crippen molar-refractivity contribution in [3.63, 3.8) is 0 Å². The third-order valence-corrected chi connectivity index (χ3v) is 3.42. The highest BCUT2D eigenvalue weighted by molar-refractivity contribution is 5.80. The molecule has 19 heavy (non-hydrogen) atoms. The Kier molecular flexibility index (Phi) is 2.71. The van der Waals surface area contributed by atoms with E-state index in [4.69, 9.17) is 0 Å². The zero-order valence-corrected chi connectivity index (χ0v) is 11.1. The number of hydrogen-bond acceptors (Lipinski definition) is 2. The zero-order valence-electron chi connectivity index (χ0n) is 11.1. The number of aryl methyl sites for hydroxylation is 2. The number of imidazole rings is 1. The van der Waals surface area contributed by atoms with Gasteiger partial charge in [-0.1, -0.05) is 6.08 Å². The van der Waals surface area contributed by atoms with Gasteiger partial charge in [0.1, 0.15) is 5.69 Å². The number of allylic oxidation sites excluding steroid dienone is 1. The number of nitrogens with one attached hydrogen (secondary N) is 2. The molecule has 1 aromatic carbocycles. The van der Waals surface area contributed by atoms with Gasteiger partial charge in [-0.15, -0.1) is 6.58 Å². The minimum Gasteiger partial charge on any atom is -0.337 e. The van der Waals surface area contributed by atoms with Crippen LogP contribution in [-0.2, 0) is 6.42 Å². The molecule has 0 atom stereocenters. The van der Waals surface area contributed by atoms with Gasteiger partial charge in [-0.3, -0.25) is 5.10 Å². The molecule has 0 aliphatic rings. The van der Waals surface area contributed by atoms with Gasteiger partial charge in [0, 0.05) is 5.56 Å². The first kappa shape index (κ1) is 11.7.